The molecule has 0 aliphatic carbocycles. The Labute approximate surface area is 188 Å². The number of amides is 2. The second kappa shape index (κ2) is 8.96. The molecule has 0 radical (unpaired) electrons. The van der Waals surface area contributed by atoms with Crippen molar-refractivity contribution in [2.75, 3.05) is 45.9 Å². The molecule has 0 N–H and O–H groups in total. The maximum absolute atomic E-state index is 12.9. The van der Waals surface area contributed by atoms with E-state index in [2.05, 4.69) is 39.1 Å². The molecule has 8 heteroatoms. The van der Waals surface area contributed by atoms with Crippen LogP contribution in [0.2, 0.25) is 0 Å². The van der Waals surface area contributed by atoms with Gasteiger partial charge < -0.3 is 14.5 Å². The number of benzene rings is 1. The van der Waals surface area contributed by atoms with Gasteiger partial charge in [-0.1, -0.05) is 24.3 Å². The minimum Gasteiger partial charge on any atom is -0.378 e. The SMILES string of the molecule is Cc1nc([C@@H]2CCN(C(=O)CN3Cc4ccccc4C3)C2)ncc1C(=O)N1CCOCC1. The number of rotatable bonds is 4. The van der Waals surface area contributed by atoms with Crippen LogP contribution >= 0.6 is 0 Å². The summed E-state index contributed by atoms with van der Waals surface area (Å²) in [5.41, 5.74) is 3.88. The molecule has 1 aromatic carbocycles. The van der Waals surface area contributed by atoms with Crippen molar-refractivity contribution in [3.63, 3.8) is 0 Å². The highest BCUT2D eigenvalue weighted by Gasteiger charge is 2.31. The van der Waals surface area contributed by atoms with Gasteiger partial charge in [-0.25, -0.2) is 9.97 Å². The standard InChI is InChI=1S/C24H29N5O3/c1-17-21(24(31)28-8-10-32-11-9-28)12-25-23(26-17)20-6-7-29(15-20)22(30)16-27-13-18-4-2-3-5-19(18)14-27/h2-5,12,20H,6-11,13-16H2,1H3/t20-/m1/s1. The van der Waals surface area contributed by atoms with Crippen LogP contribution in [-0.2, 0) is 22.6 Å². The first kappa shape index (κ1) is 21.0. The quantitative estimate of drug-likeness (QED) is 0.726. The van der Waals surface area contributed by atoms with Gasteiger partial charge in [-0.05, 0) is 24.5 Å². The third-order valence-corrected chi connectivity index (χ3v) is 6.70. The van der Waals surface area contributed by atoms with Gasteiger partial charge in [-0.3, -0.25) is 14.5 Å². The number of morpholine rings is 1. The fraction of sp³-hybridized carbons (Fsp3) is 0.500. The summed E-state index contributed by atoms with van der Waals surface area (Å²) >= 11 is 0. The second-order valence-corrected chi connectivity index (χ2v) is 8.87. The fourth-order valence-electron chi connectivity index (χ4n) is 4.83. The summed E-state index contributed by atoms with van der Waals surface area (Å²) in [5, 5.41) is 0. The fourth-order valence-corrected chi connectivity index (χ4v) is 4.83. The van der Waals surface area contributed by atoms with Gasteiger partial charge in [0, 0.05) is 51.4 Å². The molecule has 5 rings (SSSR count). The Kier molecular flexibility index (Phi) is 5.89. The zero-order valence-electron chi connectivity index (χ0n) is 18.5. The second-order valence-electron chi connectivity index (χ2n) is 8.87. The van der Waals surface area contributed by atoms with Crippen LogP contribution in [0.3, 0.4) is 0 Å². The van der Waals surface area contributed by atoms with Crippen molar-refractivity contribution >= 4 is 11.8 Å². The smallest absolute Gasteiger partial charge is 0.257 e. The van der Waals surface area contributed by atoms with E-state index in [0.717, 1.165) is 31.9 Å². The highest BCUT2D eigenvalue weighted by atomic mass is 16.5. The molecule has 32 heavy (non-hydrogen) atoms. The monoisotopic (exact) mass is 435 g/mol. The summed E-state index contributed by atoms with van der Waals surface area (Å²) < 4.78 is 5.33. The van der Waals surface area contributed by atoms with Crippen LogP contribution in [-0.4, -0.2) is 82.4 Å². The van der Waals surface area contributed by atoms with Crippen molar-refractivity contribution in [2.24, 2.45) is 0 Å². The molecule has 168 valence electrons. The van der Waals surface area contributed by atoms with Crippen LogP contribution in [0.1, 0.15) is 45.3 Å². The topological polar surface area (TPSA) is 78.9 Å². The van der Waals surface area contributed by atoms with Gasteiger partial charge in [-0.2, -0.15) is 0 Å². The zero-order chi connectivity index (χ0) is 22.1. The lowest BCUT2D eigenvalue weighted by atomic mass is 10.1. The number of ether oxygens (including phenoxy) is 1. The van der Waals surface area contributed by atoms with Gasteiger partial charge in [-0.15, -0.1) is 0 Å². The Hall–Kier alpha value is -2.84. The number of nitrogens with zero attached hydrogens (tertiary/aromatic N) is 5. The van der Waals surface area contributed by atoms with Crippen LogP contribution in [0.4, 0.5) is 0 Å². The summed E-state index contributed by atoms with van der Waals surface area (Å²) in [6.07, 6.45) is 2.50. The molecule has 0 saturated carbocycles. The third kappa shape index (κ3) is 4.25. The van der Waals surface area contributed by atoms with Gasteiger partial charge in [0.2, 0.25) is 5.91 Å². The van der Waals surface area contributed by atoms with E-state index in [1.807, 2.05) is 11.8 Å². The first-order valence-electron chi connectivity index (χ1n) is 11.4. The minimum absolute atomic E-state index is 0.0350. The number of likely N-dealkylation sites (tertiary alicyclic amines) is 1. The van der Waals surface area contributed by atoms with Gasteiger partial charge in [0.15, 0.2) is 0 Å². The summed E-state index contributed by atoms with van der Waals surface area (Å²) in [7, 11) is 0. The van der Waals surface area contributed by atoms with E-state index in [0.29, 0.717) is 50.7 Å². The van der Waals surface area contributed by atoms with Crippen LogP contribution in [0, 0.1) is 6.92 Å². The van der Waals surface area contributed by atoms with Crippen LogP contribution in [0.15, 0.2) is 30.5 Å². The van der Waals surface area contributed by atoms with Gasteiger partial charge in [0.25, 0.3) is 5.91 Å². The Morgan fingerprint density at radius 1 is 1.06 bits per heavy atom. The van der Waals surface area contributed by atoms with E-state index in [4.69, 9.17) is 4.74 Å². The molecule has 0 bridgehead atoms. The minimum atomic E-state index is -0.0350. The van der Waals surface area contributed by atoms with Gasteiger partial charge >= 0.3 is 0 Å². The molecule has 1 atom stereocenters. The molecule has 3 aliphatic rings. The Balaban J connectivity index is 1.18. The Bertz CT molecular complexity index is 995. The molecule has 4 heterocycles. The predicted molar refractivity (Wildman–Crippen MR) is 118 cm³/mol. The van der Waals surface area contributed by atoms with E-state index >= 15 is 0 Å². The molecular weight excluding hydrogens is 406 g/mol. The highest BCUT2D eigenvalue weighted by Crippen LogP contribution is 2.27. The molecule has 3 aliphatic heterocycles. The summed E-state index contributed by atoms with van der Waals surface area (Å²) in [6.45, 7) is 7.66. The Morgan fingerprint density at radius 2 is 1.78 bits per heavy atom. The third-order valence-electron chi connectivity index (χ3n) is 6.70. The number of hydrogen-bond acceptors (Lipinski definition) is 6. The molecule has 1 aromatic heterocycles. The zero-order valence-corrected chi connectivity index (χ0v) is 18.5. The largest absolute Gasteiger partial charge is 0.378 e. The molecule has 2 saturated heterocycles. The molecule has 0 spiro atoms. The van der Waals surface area contributed by atoms with E-state index < -0.39 is 0 Å². The number of aromatic nitrogens is 2. The van der Waals surface area contributed by atoms with E-state index in [1.54, 1.807) is 11.1 Å². The average Bonchev–Trinajstić information content (AvgIpc) is 3.46. The highest BCUT2D eigenvalue weighted by molar-refractivity contribution is 5.95. The number of aryl methyl sites for hydroxylation is 1. The molecular formula is C24H29N5O3. The lowest BCUT2D eigenvalue weighted by Gasteiger charge is -2.27. The lowest BCUT2D eigenvalue weighted by Crippen LogP contribution is -2.41. The van der Waals surface area contributed by atoms with Crippen molar-refractivity contribution in [2.45, 2.75) is 32.4 Å². The maximum atomic E-state index is 12.9. The average molecular weight is 436 g/mol. The number of fused-ring (bicyclic) bond motifs is 1. The van der Waals surface area contributed by atoms with Crippen molar-refractivity contribution in [1.82, 2.24) is 24.7 Å². The Morgan fingerprint density at radius 3 is 2.47 bits per heavy atom. The summed E-state index contributed by atoms with van der Waals surface area (Å²) in [5.74, 6) is 0.967. The summed E-state index contributed by atoms with van der Waals surface area (Å²) in [4.78, 5) is 40.8. The number of carbonyl (C=O) groups excluding carboxylic acids is 2. The van der Waals surface area contributed by atoms with E-state index in [9.17, 15) is 9.59 Å². The maximum Gasteiger partial charge on any atom is 0.257 e. The molecule has 0 unspecified atom stereocenters. The molecule has 2 fully saturated rings. The van der Waals surface area contributed by atoms with E-state index in [-0.39, 0.29) is 17.7 Å². The predicted octanol–water partition coefficient (Wildman–Crippen LogP) is 1.59. The normalized spacial score (nSPS) is 21.1. The molecule has 8 nitrogen and oxygen atoms in total. The van der Waals surface area contributed by atoms with Crippen LogP contribution in [0.25, 0.3) is 0 Å². The molecule has 2 aromatic rings. The van der Waals surface area contributed by atoms with E-state index in [1.165, 1.54) is 11.1 Å². The van der Waals surface area contributed by atoms with Crippen molar-refractivity contribution in [3.05, 3.63) is 58.7 Å². The summed E-state index contributed by atoms with van der Waals surface area (Å²) in [6, 6.07) is 8.38. The number of hydrogen-bond donors (Lipinski definition) is 0. The van der Waals surface area contributed by atoms with Crippen molar-refractivity contribution in [3.8, 4) is 0 Å². The first-order chi connectivity index (χ1) is 15.6. The van der Waals surface area contributed by atoms with Crippen molar-refractivity contribution < 1.29 is 14.3 Å². The van der Waals surface area contributed by atoms with Gasteiger partial charge in [0.05, 0.1) is 31.0 Å². The molecule has 2 amide bonds. The van der Waals surface area contributed by atoms with Crippen LogP contribution in [0.5, 0.6) is 0 Å². The first-order valence-corrected chi connectivity index (χ1v) is 11.4. The van der Waals surface area contributed by atoms with Crippen LogP contribution < -0.4 is 0 Å². The van der Waals surface area contributed by atoms with Crippen molar-refractivity contribution in [1.29, 1.82) is 0 Å². The lowest BCUT2D eigenvalue weighted by molar-refractivity contribution is -0.131. The van der Waals surface area contributed by atoms with Gasteiger partial charge in [0.1, 0.15) is 5.82 Å². The number of carbonyl (C=O) groups is 2.